The van der Waals surface area contributed by atoms with Crippen LogP contribution in [-0.2, 0) is 20.0 Å². The van der Waals surface area contributed by atoms with E-state index in [0.717, 1.165) is 32.6 Å². The van der Waals surface area contributed by atoms with Gasteiger partial charge in [-0.1, -0.05) is 13.8 Å². The summed E-state index contributed by atoms with van der Waals surface area (Å²) < 4.78 is 2.02. The fourth-order valence-electron chi connectivity index (χ4n) is 2.58. The molecule has 0 unspecified atom stereocenters. The molecule has 4 nitrogen and oxygen atoms in total. The van der Waals surface area contributed by atoms with E-state index < -0.39 is 0 Å². The first-order valence-corrected chi connectivity index (χ1v) is 7.00. The molecular weight excluding hydrogens is 224 g/mol. The van der Waals surface area contributed by atoms with Crippen molar-refractivity contribution in [1.82, 2.24) is 14.7 Å². The minimum atomic E-state index is 0.359. The predicted octanol–water partition coefficient (Wildman–Crippen LogP) is 1.54. The van der Waals surface area contributed by atoms with Crippen LogP contribution in [0.3, 0.4) is 0 Å². The molecule has 1 fully saturated rings. The van der Waals surface area contributed by atoms with E-state index in [1.807, 2.05) is 11.7 Å². The summed E-state index contributed by atoms with van der Waals surface area (Å²) in [6, 6.07) is 2.23. The summed E-state index contributed by atoms with van der Waals surface area (Å²) >= 11 is 0. The normalized spacial score (nSPS) is 20.2. The van der Waals surface area contributed by atoms with Crippen LogP contribution in [0.2, 0.25) is 0 Å². The van der Waals surface area contributed by atoms with Crippen molar-refractivity contribution in [2.24, 2.45) is 18.2 Å². The zero-order chi connectivity index (χ0) is 13.2. The topological polar surface area (TPSA) is 47.1 Å². The molecule has 1 aliphatic heterocycles. The number of aryl methyl sites for hydroxylation is 2. The van der Waals surface area contributed by atoms with Crippen molar-refractivity contribution >= 4 is 0 Å². The van der Waals surface area contributed by atoms with Crippen molar-refractivity contribution < 1.29 is 0 Å². The summed E-state index contributed by atoms with van der Waals surface area (Å²) in [7, 11) is 2.04. The number of aromatic nitrogens is 2. The van der Waals surface area contributed by atoms with Gasteiger partial charge >= 0.3 is 0 Å². The van der Waals surface area contributed by atoms with Crippen molar-refractivity contribution in [3.63, 3.8) is 0 Å². The second-order valence-corrected chi connectivity index (χ2v) is 5.90. The molecule has 18 heavy (non-hydrogen) atoms. The van der Waals surface area contributed by atoms with Crippen LogP contribution >= 0.6 is 0 Å². The summed E-state index contributed by atoms with van der Waals surface area (Å²) in [5.74, 6) is 0. The van der Waals surface area contributed by atoms with Crippen molar-refractivity contribution in [3.8, 4) is 0 Å². The fraction of sp³-hybridized carbons (Fsp3) is 0.786. The average Bonchev–Trinajstić information content (AvgIpc) is 2.73. The second kappa shape index (κ2) is 5.41. The minimum Gasteiger partial charge on any atom is -0.330 e. The Morgan fingerprint density at radius 1 is 1.39 bits per heavy atom. The van der Waals surface area contributed by atoms with Crippen LogP contribution in [0.15, 0.2) is 6.07 Å². The van der Waals surface area contributed by atoms with Crippen molar-refractivity contribution in [1.29, 1.82) is 0 Å². The highest BCUT2D eigenvalue weighted by molar-refractivity contribution is 5.10. The Hall–Kier alpha value is -0.870. The zero-order valence-corrected chi connectivity index (χ0v) is 11.9. The molecule has 4 heteroatoms. The highest BCUT2D eigenvalue weighted by atomic mass is 15.3. The molecule has 2 heterocycles. The largest absolute Gasteiger partial charge is 0.330 e. The van der Waals surface area contributed by atoms with Crippen LogP contribution in [0.4, 0.5) is 0 Å². The predicted molar refractivity (Wildman–Crippen MR) is 74.3 cm³/mol. The number of likely N-dealkylation sites (tertiary alicyclic amines) is 1. The molecule has 2 N–H and O–H groups in total. The van der Waals surface area contributed by atoms with Crippen LogP contribution in [0, 0.1) is 5.41 Å². The van der Waals surface area contributed by atoms with Crippen molar-refractivity contribution in [2.45, 2.75) is 39.7 Å². The fourth-order valence-corrected chi connectivity index (χ4v) is 2.58. The Kier molecular flexibility index (Phi) is 4.07. The maximum absolute atomic E-state index is 5.85. The maximum atomic E-state index is 5.85. The molecule has 0 aromatic carbocycles. The summed E-state index contributed by atoms with van der Waals surface area (Å²) in [4.78, 5) is 2.52. The van der Waals surface area contributed by atoms with Gasteiger partial charge in [-0.2, -0.15) is 5.10 Å². The number of piperidine rings is 1. The lowest BCUT2D eigenvalue weighted by Gasteiger charge is -2.38. The number of hydrogen-bond acceptors (Lipinski definition) is 3. The highest BCUT2D eigenvalue weighted by Crippen LogP contribution is 2.29. The van der Waals surface area contributed by atoms with Crippen LogP contribution in [-0.4, -0.2) is 34.3 Å². The number of nitrogens with zero attached hydrogens (tertiary/aromatic N) is 3. The molecule has 0 bridgehead atoms. The summed E-state index contributed by atoms with van der Waals surface area (Å²) in [6.07, 6.45) is 3.43. The van der Waals surface area contributed by atoms with E-state index in [1.165, 1.54) is 24.2 Å². The Morgan fingerprint density at radius 2 is 2.06 bits per heavy atom. The molecule has 0 spiro atoms. The van der Waals surface area contributed by atoms with Gasteiger partial charge in [0, 0.05) is 13.6 Å². The highest BCUT2D eigenvalue weighted by Gasteiger charge is 2.28. The van der Waals surface area contributed by atoms with Gasteiger partial charge in [-0.25, -0.2) is 0 Å². The molecule has 0 amide bonds. The van der Waals surface area contributed by atoms with Crippen LogP contribution in [0.25, 0.3) is 0 Å². The number of nitrogens with two attached hydrogens (primary N) is 1. The first-order chi connectivity index (χ1) is 8.56. The molecule has 0 aliphatic carbocycles. The van der Waals surface area contributed by atoms with E-state index in [4.69, 9.17) is 5.73 Å². The van der Waals surface area contributed by atoms with Gasteiger partial charge < -0.3 is 5.73 Å². The third-order valence-electron chi connectivity index (χ3n) is 4.33. The first kappa shape index (κ1) is 13.6. The van der Waals surface area contributed by atoms with Gasteiger partial charge in [0.2, 0.25) is 0 Å². The molecule has 0 radical (unpaired) electrons. The molecule has 1 aliphatic rings. The van der Waals surface area contributed by atoms with E-state index in [9.17, 15) is 0 Å². The number of rotatable bonds is 4. The maximum Gasteiger partial charge on any atom is 0.0625 e. The van der Waals surface area contributed by atoms with Gasteiger partial charge in [0.15, 0.2) is 0 Å². The lowest BCUT2D eigenvalue weighted by atomic mass is 9.80. The Bertz CT molecular complexity index is 388. The molecule has 0 saturated carbocycles. The molecule has 0 atom stereocenters. The van der Waals surface area contributed by atoms with Gasteiger partial charge in [0.05, 0.1) is 11.4 Å². The summed E-state index contributed by atoms with van der Waals surface area (Å²) in [5, 5.41) is 4.51. The zero-order valence-electron chi connectivity index (χ0n) is 11.9. The minimum absolute atomic E-state index is 0.359. The quantitative estimate of drug-likeness (QED) is 0.882. The van der Waals surface area contributed by atoms with Gasteiger partial charge in [0.25, 0.3) is 0 Å². The van der Waals surface area contributed by atoms with E-state index in [2.05, 4.69) is 29.9 Å². The standard InChI is InChI=1S/C14H26N4/c1-4-12-9-13(17(3)16-12)10-18-7-5-14(2,11-15)6-8-18/h9H,4-8,10-11,15H2,1-3H3. The van der Waals surface area contributed by atoms with E-state index in [1.54, 1.807) is 0 Å². The van der Waals surface area contributed by atoms with Crippen LogP contribution in [0.5, 0.6) is 0 Å². The molecule has 102 valence electrons. The van der Waals surface area contributed by atoms with Crippen molar-refractivity contribution in [2.75, 3.05) is 19.6 Å². The van der Waals surface area contributed by atoms with Crippen LogP contribution < -0.4 is 5.73 Å². The van der Waals surface area contributed by atoms with Crippen LogP contribution in [0.1, 0.15) is 38.1 Å². The molecular formula is C14H26N4. The third kappa shape index (κ3) is 2.93. The van der Waals surface area contributed by atoms with Gasteiger partial charge in [-0.3, -0.25) is 9.58 Å². The van der Waals surface area contributed by atoms with E-state index in [-0.39, 0.29) is 0 Å². The van der Waals surface area contributed by atoms with Gasteiger partial charge in [-0.05, 0) is 50.4 Å². The van der Waals surface area contributed by atoms with Crippen molar-refractivity contribution in [3.05, 3.63) is 17.5 Å². The Morgan fingerprint density at radius 3 is 2.56 bits per heavy atom. The summed E-state index contributed by atoms with van der Waals surface area (Å²) in [5.41, 5.74) is 8.72. The van der Waals surface area contributed by atoms with E-state index in [0.29, 0.717) is 5.41 Å². The third-order valence-corrected chi connectivity index (χ3v) is 4.33. The van der Waals surface area contributed by atoms with Gasteiger partial charge in [0.1, 0.15) is 0 Å². The van der Waals surface area contributed by atoms with Gasteiger partial charge in [-0.15, -0.1) is 0 Å². The smallest absolute Gasteiger partial charge is 0.0625 e. The Labute approximate surface area is 110 Å². The Balaban J connectivity index is 1.93. The first-order valence-electron chi connectivity index (χ1n) is 7.00. The molecule has 2 rings (SSSR count). The molecule has 1 aromatic rings. The lowest BCUT2D eigenvalue weighted by Crippen LogP contribution is -2.42. The average molecular weight is 250 g/mol. The SMILES string of the molecule is CCc1cc(CN2CCC(C)(CN)CC2)n(C)n1. The molecule has 1 saturated heterocycles. The lowest BCUT2D eigenvalue weighted by molar-refractivity contribution is 0.117. The molecule has 1 aromatic heterocycles. The van der Waals surface area contributed by atoms with E-state index >= 15 is 0 Å². The summed E-state index contributed by atoms with van der Waals surface area (Å²) in [6.45, 7) is 8.60. The second-order valence-electron chi connectivity index (χ2n) is 5.90. The number of hydrogen-bond donors (Lipinski definition) is 1. The monoisotopic (exact) mass is 250 g/mol.